The van der Waals surface area contributed by atoms with Gasteiger partial charge in [0.05, 0.1) is 30.3 Å². The van der Waals surface area contributed by atoms with Crippen LogP contribution in [-0.4, -0.2) is 80.0 Å². The molecule has 0 aliphatic carbocycles. The monoisotopic (exact) mass is 709 g/mol. The second-order valence-corrected chi connectivity index (χ2v) is 13.9. The van der Waals surface area contributed by atoms with E-state index in [2.05, 4.69) is 14.6 Å². The van der Waals surface area contributed by atoms with Crippen LogP contribution in [0.15, 0.2) is 77.7 Å². The molecule has 3 unspecified atom stereocenters. The van der Waals surface area contributed by atoms with Crippen LogP contribution in [-0.2, 0) is 37.0 Å². The Labute approximate surface area is 273 Å². The molecule has 2 aromatic carbocycles. The lowest BCUT2D eigenvalue weighted by Gasteiger charge is -2.25. The number of aliphatic carboxylic acids is 1. The molecule has 1 saturated heterocycles. The summed E-state index contributed by atoms with van der Waals surface area (Å²) in [5.41, 5.74) is -0.677. The average Bonchev–Trinajstić information content (AvgIpc) is 3.38. The molecule has 2 heterocycles. The molecule has 0 bridgehead atoms. The van der Waals surface area contributed by atoms with E-state index in [0.717, 1.165) is 11.0 Å². The van der Waals surface area contributed by atoms with Crippen molar-refractivity contribution >= 4 is 39.1 Å². The van der Waals surface area contributed by atoms with E-state index in [1.165, 1.54) is 36.5 Å². The van der Waals surface area contributed by atoms with Crippen LogP contribution in [0.1, 0.15) is 46.7 Å². The van der Waals surface area contributed by atoms with Crippen molar-refractivity contribution in [3.63, 3.8) is 0 Å². The van der Waals surface area contributed by atoms with Crippen LogP contribution >= 0.6 is 15.4 Å². The fourth-order valence-corrected chi connectivity index (χ4v) is 7.07. The first kappa shape index (κ1) is 36.6. The fourth-order valence-electron chi connectivity index (χ4n) is 4.45. The predicted molar refractivity (Wildman–Crippen MR) is 166 cm³/mol. The lowest BCUT2D eigenvalue weighted by Crippen LogP contribution is -2.42. The minimum absolute atomic E-state index is 0.0785. The third kappa shape index (κ3) is 10.1. The summed E-state index contributed by atoms with van der Waals surface area (Å²) >= 11 is 0. The number of aromatic nitrogens is 2. The number of phosphoric acid groups is 1. The molecule has 1 aliphatic rings. The molecule has 4 N–H and O–H groups in total. The molecule has 0 spiro atoms. The Balaban J connectivity index is 1.69. The van der Waals surface area contributed by atoms with E-state index in [1.54, 1.807) is 36.4 Å². The quantitative estimate of drug-likeness (QED) is 0.123. The maximum Gasteiger partial charge on any atom is 0.479 e. The van der Waals surface area contributed by atoms with E-state index in [9.17, 15) is 38.1 Å². The second kappa shape index (κ2) is 16.3. The van der Waals surface area contributed by atoms with Gasteiger partial charge in [-0.3, -0.25) is 18.5 Å². The van der Waals surface area contributed by atoms with E-state index >= 15 is 0 Å². The van der Waals surface area contributed by atoms with Crippen LogP contribution in [0.4, 0.5) is 5.82 Å². The van der Waals surface area contributed by atoms with Gasteiger partial charge in [-0.1, -0.05) is 43.3 Å². The van der Waals surface area contributed by atoms with Crippen molar-refractivity contribution in [1.82, 2.24) is 9.55 Å². The van der Waals surface area contributed by atoms with Gasteiger partial charge in [-0.15, -0.1) is 0 Å². The number of carbonyl (C=O) groups is 3. The maximum absolute atomic E-state index is 13.3. The first-order valence-electron chi connectivity index (χ1n) is 14.5. The molecule has 0 saturated carbocycles. The lowest BCUT2D eigenvalue weighted by atomic mass is 10.1. The molecule has 0 amide bonds. The second-order valence-electron chi connectivity index (χ2n) is 10.3. The topological polar surface area (TPSA) is 239 Å². The highest BCUT2D eigenvalue weighted by atomic mass is 31.3. The zero-order valence-electron chi connectivity index (χ0n) is 25.4. The van der Waals surface area contributed by atoms with Crippen molar-refractivity contribution in [2.75, 3.05) is 24.6 Å². The number of carbonyl (C=O) groups excluding carboxylic acids is 2. The number of anilines is 1. The van der Waals surface area contributed by atoms with Gasteiger partial charge in [-0.2, -0.15) is 4.98 Å². The number of rotatable bonds is 16. The highest BCUT2D eigenvalue weighted by Crippen LogP contribution is 2.60. The highest BCUT2D eigenvalue weighted by molar-refractivity contribution is 7.64. The summed E-state index contributed by atoms with van der Waals surface area (Å²) in [4.78, 5) is 74.5. The Bertz CT molecular complexity index is 1740. The van der Waals surface area contributed by atoms with E-state index in [4.69, 9.17) is 23.8 Å². The van der Waals surface area contributed by atoms with Gasteiger partial charge in [0.1, 0.15) is 11.9 Å². The summed E-state index contributed by atoms with van der Waals surface area (Å²) in [7, 11) is -10.3. The maximum atomic E-state index is 13.3. The average molecular weight is 710 g/mol. The SMILES string of the molecule is CCCNc1ccn([C@@H]2O[C@H](COP(=O)(O)OP(=O)(O)CCC(=O)O)[C@H](OC(=O)c3ccccc3)C2OC(=O)c2ccccc2)c(=O)n1. The fraction of sp³-hybridized carbons (Fsp3) is 0.345. The molecule has 6 atom stereocenters. The van der Waals surface area contributed by atoms with Gasteiger partial charge >= 0.3 is 39.0 Å². The molecule has 17 nitrogen and oxygen atoms in total. The van der Waals surface area contributed by atoms with Crippen molar-refractivity contribution in [2.45, 2.75) is 44.3 Å². The molecule has 0 radical (unpaired) electrons. The number of ether oxygens (including phenoxy) is 3. The van der Waals surface area contributed by atoms with Gasteiger partial charge in [0.2, 0.25) is 0 Å². The normalized spacial score (nSPS) is 21.4. The molecule has 1 aromatic heterocycles. The Kier molecular flexibility index (Phi) is 12.4. The van der Waals surface area contributed by atoms with Gasteiger partial charge < -0.3 is 34.4 Å². The van der Waals surface area contributed by atoms with Crippen LogP contribution in [0.3, 0.4) is 0 Å². The number of hydrogen-bond donors (Lipinski definition) is 4. The van der Waals surface area contributed by atoms with Crippen molar-refractivity contribution < 1.29 is 61.5 Å². The summed E-state index contributed by atoms with van der Waals surface area (Å²) in [5.74, 6) is -3.02. The first-order chi connectivity index (χ1) is 22.8. The molecule has 19 heteroatoms. The predicted octanol–water partition coefficient (Wildman–Crippen LogP) is 3.21. The summed E-state index contributed by atoms with van der Waals surface area (Å²) in [6, 6.07) is 16.8. The van der Waals surface area contributed by atoms with Crippen LogP contribution in [0.2, 0.25) is 0 Å². The van der Waals surface area contributed by atoms with E-state index in [1.807, 2.05) is 6.92 Å². The molecule has 1 fully saturated rings. The minimum atomic E-state index is -5.38. The molecular weight excluding hydrogens is 676 g/mol. The lowest BCUT2D eigenvalue weighted by molar-refractivity contribution is -0.136. The number of nitrogens with one attached hydrogen (secondary N) is 1. The summed E-state index contributed by atoms with van der Waals surface area (Å²) in [5, 5.41) is 11.7. The van der Waals surface area contributed by atoms with Gasteiger partial charge in [-0.25, -0.2) is 23.3 Å². The summed E-state index contributed by atoms with van der Waals surface area (Å²) < 4.78 is 52.6. The smallest absolute Gasteiger partial charge is 0.479 e. The standard InChI is InChI=1S/C29H33N3O14P2/c1-2-15-30-22-13-16-32(29(37)31-22)26-25(45-28(36)20-11-7-4-8-12-20)24(44-27(35)19-9-5-3-6-10-19)21(43-26)18-42-48(40,41)46-47(38,39)17-14-23(33)34/h3-13,16,21,24-26H,2,14-15,17-18H2,1H3,(H,33,34)(H,38,39)(H,40,41)(H,30,31,37)/t21-,24+,25?,26-/m1/s1. The first-order valence-corrected chi connectivity index (χ1v) is 17.8. The van der Waals surface area contributed by atoms with Crippen LogP contribution < -0.4 is 11.0 Å². The zero-order chi connectivity index (χ0) is 34.9. The molecule has 48 heavy (non-hydrogen) atoms. The Morgan fingerprint density at radius 2 is 1.52 bits per heavy atom. The zero-order valence-corrected chi connectivity index (χ0v) is 27.2. The van der Waals surface area contributed by atoms with Crippen molar-refractivity contribution in [3.8, 4) is 0 Å². The largest absolute Gasteiger partial charge is 0.481 e. The Hall–Kier alpha value is -4.21. The summed E-state index contributed by atoms with van der Waals surface area (Å²) in [6.07, 6.45) is -6.06. The third-order valence-corrected chi connectivity index (χ3v) is 9.80. The number of esters is 2. The molecule has 3 aromatic rings. The number of phosphoric ester groups is 1. The van der Waals surface area contributed by atoms with Crippen LogP contribution in [0.25, 0.3) is 0 Å². The van der Waals surface area contributed by atoms with Crippen LogP contribution in [0.5, 0.6) is 0 Å². The third-order valence-electron chi connectivity index (χ3n) is 6.69. The number of nitrogens with zero attached hydrogens (tertiary/aromatic N) is 2. The highest BCUT2D eigenvalue weighted by Gasteiger charge is 2.52. The van der Waals surface area contributed by atoms with Gasteiger partial charge in [0, 0.05) is 12.7 Å². The van der Waals surface area contributed by atoms with Crippen molar-refractivity contribution in [2.24, 2.45) is 0 Å². The molecule has 1 aliphatic heterocycles. The Morgan fingerprint density at radius 1 is 0.938 bits per heavy atom. The van der Waals surface area contributed by atoms with Crippen molar-refractivity contribution in [3.05, 3.63) is 94.5 Å². The molecular formula is C29H33N3O14P2. The van der Waals surface area contributed by atoms with Crippen LogP contribution in [0, 0.1) is 0 Å². The summed E-state index contributed by atoms with van der Waals surface area (Å²) in [6.45, 7) is 1.47. The molecule has 4 rings (SSSR count). The van der Waals surface area contributed by atoms with Gasteiger partial charge in [0.25, 0.3) is 0 Å². The number of carboxylic acids is 1. The van der Waals surface area contributed by atoms with E-state index in [-0.39, 0.29) is 16.9 Å². The van der Waals surface area contributed by atoms with Gasteiger partial charge in [-0.05, 0) is 36.8 Å². The van der Waals surface area contributed by atoms with E-state index < -0.39 is 82.7 Å². The number of carboxylic acid groups (broad SMARTS) is 1. The van der Waals surface area contributed by atoms with Crippen molar-refractivity contribution in [1.29, 1.82) is 0 Å². The number of benzene rings is 2. The van der Waals surface area contributed by atoms with E-state index in [0.29, 0.717) is 6.54 Å². The number of hydrogen-bond acceptors (Lipinski definition) is 13. The Morgan fingerprint density at radius 3 is 2.06 bits per heavy atom. The minimum Gasteiger partial charge on any atom is -0.481 e. The van der Waals surface area contributed by atoms with Gasteiger partial charge in [0.15, 0.2) is 18.4 Å². The molecule has 258 valence electrons.